The van der Waals surface area contributed by atoms with E-state index in [9.17, 15) is 4.79 Å². The van der Waals surface area contributed by atoms with Crippen LogP contribution < -0.4 is 9.80 Å². The first kappa shape index (κ1) is 20.2. The van der Waals surface area contributed by atoms with Gasteiger partial charge >= 0.3 is 0 Å². The van der Waals surface area contributed by atoms with E-state index in [2.05, 4.69) is 51.7 Å². The number of hydrogen-bond donors (Lipinski definition) is 0. The summed E-state index contributed by atoms with van der Waals surface area (Å²) in [5.41, 5.74) is 4.87. The van der Waals surface area contributed by atoms with Crippen molar-refractivity contribution >= 4 is 38.4 Å². The van der Waals surface area contributed by atoms with Crippen molar-refractivity contribution in [2.75, 3.05) is 49.1 Å². The first-order valence-corrected chi connectivity index (χ1v) is 12.0. The maximum absolute atomic E-state index is 13.2. The van der Waals surface area contributed by atoms with E-state index in [4.69, 9.17) is 4.98 Å². The van der Waals surface area contributed by atoms with Gasteiger partial charge in [-0.2, -0.15) is 0 Å². The second-order valence-corrected chi connectivity index (χ2v) is 9.64. The van der Waals surface area contributed by atoms with Crippen LogP contribution >= 0.6 is 11.3 Å². The Morgan fingerprint density at radius 3 is 2.52 bits per heavy atom. The molecule has 0 unspecified atom stereocenters. The molecule has 2 fully saturated rings. The predicted molar refractivity (Wildman–Crippen MR) is 127 cm³/mol. The molecule has 4 heterocycles. The summed E-state index contributed by atoms with van der Waals surface area (Å²) in [5.74, 6) is 0.474. The third-order valence-electron chi connectivity index (χ3n) is 6.57. The summed E-state index contributed by atoms with van der Waals surface area (Å²) >= 11 is 1.64. The van der Waals surface area contributed by atoms with Gasteiger partial charge in [-0.25, -0.2) is 9.97 Å². The molecule has 162 valence electrons. The summed E-state index contributed by atoms with van der Waals surface area (Å²) in [6.45, 7) is 9.53. The van der Waals surface area contributed by atoms with Crippen molar-refractivity contribution in [2.45, 2.75) is 26.7 Å². The van der Waals surface area contributed by atoms with Crippen LogP contribution in [0.1, 0.15) is 24.0 Å². The Hall–Kier alpha value is -2.67. The largest absolute Gasteiger partial charge is 0.368 e. The molecule has 0 bridgehead atoms. The fourth-order valence-corrected chi connectivity index (χ4v) is 5.66. The number of fused-ring (bicyclic) bond motifs is 1. The van der Waals surface area contributed by atoms with Crippen molar-refractivity contribution < 1.29 is 4.79 Å². The highest BCUT2D eigenvalue weighted by Gasteiger charge is 2.31. The lowest BCUT2D eigenvalue weighted by Gasteiger charge is -2.39. The average Bonchev–Trinajstić information content (AvgIpc) is 3.25. The number of benzene rings is 1. The van der Waals surface area contributed by atoms with Gasteiger partial charge in [-0.1, -0.05) is 23.5 Å². The van der Waals surface area contributed by atoms with E-state index >= 15 is 0 Å². The second-order valence-electron chi connectivity index (χ2n) is 8.69. The third-order valence-corrected chi connectivity index (χ3v) is 7.61. The second kappa shape index (κ2) is 8.46. The fraction of sp³-hybridized carbons (Fsp3) is 0.458. The molecule has 2 saturated heterocycles. The van der Waals surface area contributed by atoms with Gasteiger partial charge in [0.05, 0.1) is 0 Å². The molecule has 0 saturated carbocycles. The summed E-state index contributed by atoms with van der Waals surface area (Å²) in [6.07, 6.45) is 3.62. The zero-order valence-electron chi connectivity index (χ0n) is 18.3. The van der Waals surface area contributed by atoms with E-state index in [1.165, 1.54) is 16.8 Å². The lowest BCUT2D eigenvalue weighted by atomic mass is 9.95. The molecule has 1 amide bonds. The van der Waals surface area contributed by atoms with Gasteiger partial charge in [-0.05, 0) is 56.0 Å². The zero-order valence-corrected chi connectivity index (χ0v) is 19.1. The van der Waals surface area contributed by atoms with Crippen molar-refractivity contribution in [3.8, 4) is 0 Å². The van der Waals surface area contributed by atoms with Crippen LogP contribution in [0.15, 0.2) is 36.5 Å². The maximum atomic E-state index is 13.2. The number of carbonyl (C=O) groups excluding carboxylic acids is 1. The molecule has 7 heteroatoms. The Kier molecular flexibility index (Phi) is 5.52. The van der Waals surface area contributed by atoms with Gasteiger partial charge < -0.3 is 14.7 Å². The van der Waals surface area contributed by atoms with E-state index in [-0.39, 0.29) is 5.92 Å². The summed E-state index contributed by atoms with van der Waals surface area (Å²) < 4.78 is 0. The third kappa shape index (κ3) is 4.11. The average molecular weight is 436 g/mol. The highest BCUT2D eigenvalue weighted by molar-refractivity contribution is 7.21. The highest BCUT2D eigenvalue weighted by atomic mass is 32.1. The topological polar surface area (TPSA) is 52.6 Å². The van der Waals surface area contributed by atoms with Gasteiger partial charge in [0.1, 0.15) is 10.3 Å². The molecule has 0 N–H and O–H groups in total. The Morgan fingerprint density at radius 2 is 1.77 bits per heavy atom. The zero-order chi connectivity index (χ0) is 21.4. The minimum atomic E-state index is 0.135. The van der Waals surface area contributed by atoms with Crippen LogP contribution in [0.5, 0.6) is 0 Å². The molecule has 0 spiro atoms. The van der Waals surface area contributed by atoms with Crippen LogP contribution in [0.4, 0.5) is 10.8 Å². The minimum Gasteiger partial charge on any atom is -0.368 e. The van der Waals surface area contributed by atoms with E-state index in [0.29, 0.717) is 5.91 Å². The Labute approximate surface area is 187 Å². The molecule has 0 radical (unpaired) electrons. The first-order valence-electron chi connectivity index (χ1n) is 11.2. The van der Waals surface area contributed by atoms with Crippen LogP contribution in [0.2, 0.25) is 0 Å². The van der Waals surface area contributed by atoms with Crippen LogP contribution in [0.25, 0.3) is 10.3 Å². The number of thiazole rings is 1. The molecular formula is C24H29N5OS. The standard InChI is InChI=1S/C24H29N5OS/c1-17-5-6-18(2)21(16-17)27-12-14-28(15-13-27)23(30)19-7-10-29(11-8-19)24-26-20-4-3-9-25-22(20)31-24/h3-6,9,16,19H,7-8,10-15H2,1-2H3. The number of carbonyl (C=O) groups is 1. The molecule has 3 aromatic rings. The first-order chi connectivity index (χ1) is 15.1. The number of piperazine rings is 1. The molecule has 1 aromatic carbocycles. The predicted octanol–water partition coefficient (Wildman–Crippen LogP) is 3.87. The van der Waals surface area contributed by atoms with E-state index in [1.54, 1.807) is 11.3 Å². The van der Waals surface area contributed by atoms with Crippen LogP contribution in [0, 0.1) is 19.8 Å². The molecule has 31 heavy (non-hydrogen) atoms. The van der Waals surface area contributed by atoms with E-state index in [1.807, 2.05) is 18.3 Å². The number of aryl methyl sites for hydroxylation is 2. The molecule has 0 atom stereocenters. The quantitative estimate of drug-likeness (QED) is 0.625. The molecule has 5 rings (SSSR count). The normalized spacial score (nSPS) is 18.1. The highest BCUT2D eigenvalue weighted by Crippen LogP contribution is 2.31. The van der Waals surface area contributed by atoms with Crippen molar-refractivity contribution in [1.82, 2.24) is 14.9 Å². The minimum absolute atomic E-state index is 0.135. The number of hydrogen-bond acceptors (Lipinski definition) is 6. The van der Waals surface area contributed by atoms with Crippen molar-refractivity contribution in [1.29, 1.82) is 0 Å². The number of piperidine rings is 1. The number of nitrogens with zero attached hydrogens (tertiary/aromatic N) is 5. The number of amides is 1. The van der Waals surface area contributed by atoms with Crippen molar-refractivity contribution in [3.05, 3.63) is 47.7 Å². The van der Waals surface area contributed by atoms with Gasteiger partial charge in [0.15, 0.2) is 5.13 Å². The fourth-order valence-electron chi connectivity index (χ4n) is 4.70. The molecule has 6 nitrogen and oxygen atoms in total. The summed E-state index contributed by atoms with van der Waals surface area (Å²) in [6, 6.07) is 10.6. The molecule has 2 aliphatic heterocycles. The Bertz CT molecular complexity index is 1050. The van der Waals surface area contributed by atoms with Crippen LogP contribution in [-0.2, 0) is 4.79 Å². The monoisotopic (exact) mass is 435 g/mol. The molecule has 0 aliphatic carbocycles. The summed E-state index contributed by atoms with van der Waals surface area (Å²) in [4.78, 5) is 30.1. The van der Waals surface area contributed by atoms with Crippen LogP contribution in [-0.4, -0.2) is 60.0 Å². The lowest BCUT2D eigenvalue weighted by Crippen LogP contribution is -2.51. The Balaban J connectivity index is 1.16. The van der Waals surface area contributed by atoms with E-state index in [0.717, 1.165) is 67.6 Å². The van der Waals surface area contributed by atoms with Crippen LogP contribution in [0.3, 0.4) is 0 Å². The van der Waals surface area contributed by atoms with Crippen molar-refractivity contribution in [3.63, 3.8) is 0 Å². The lowest BCUT2D eigenvalue weighted by molar-refractivity contribution is -0.136. The number of pyridine rings is 1. The number of rotatable bonds is 3. The molecule has 2 aromatic heterocycles. The number of anilines is 2. The van der Waals surface area contributed by atoms with E-state index < -0.39 is 0 Å². The van der Waals surface area contributed by atoms with Gasteiger partial charge in [0.2, 0.25) is 5.91 Å². The SMILES string of the molecule is Cc1ccc(C)c(N2CCN(C(=O)C3CCN(c4nc5cccnc5s4)CC3)CC2)c1. The van der Waals surface area contributed by atoms with Gasteiger partial charge in [-0.15, -0.1) is 0 Å². The summed E-state index contributed by atoms with van der Waals surface area (Å²) in [7, 11) is 0. The van der Waals surface area contributed by atoms with Gasteiger partial charge in [0, 0.05) is 57.1 Å². The Morgan fingerprint density at radius 1 is 1.00 bits per heavy atom. The van der Waals surface area contributed by atoms with Crippen molar-refractivity contribution in [2.24, 2.45) is 5.92 Å². The number of aromatic nitrogens is 2. The molecular weight excluding hydrogens is 406 g/mol. The van der Waals surface area contributed by atoms with Gasteiger partial charge in [-0.3, -0.25) is 4.79 Å². The maximum Gasteiger partial charge on any atom is 0.225 e. The smallest absolute Gasteiger partial charge is 0.225 e. The van der Waals surface area contributed by atoms with Gasteiger partial charge in [0.25, 0.3) is 0 Å². The summed E-state index contributed by atoms with van der Waals surface area (Å²) in [5, 5.41) is 1.03. The molecule has 2 aliphatic rings.